The summed E-state index contributed by atoms with van der Waals surface area (Å²) in [5.74, 6) is 1.06. The fourth-order valence-corrected chi connectivity index (χ4v) is 2.57. The van der Waals surface area contributed by atoms with Gasteiger partial charge in [-0.2, -0.15) is 5.10 Å². The van der Waals surface area contributed by atoms with Gasteiger partial charge in [0.05, 0.1) is 29.7 Å². The van der Waals surface area contributed by atoms with Crippen molar-refractivity contribution in [3.8, 4) is 11.4 Å². The third-order valence-electron chi connectivity index (χ3n) is 3.58. The fourth-order valence-electron chi connectivity index (χ4n) is 2.37. The van der Waals surface area contributed by atoms with E-state index in [0.717, 1.165) is 24.2 Å². The predicted octanol–water partition coefficient (Wildman–Crippen LogP) is 2.10. The van der Waals surface area contributed by atoms with Crippen LogP contribution in [0.3, 0.4) is 0 Å². The number of nitrogens with two attached hydrogens (primary N) is 1. The number of aromatic nitrogens is 2. The van der Waals surface area contributed by atoms with Crippen LogP contribution in [0.1, 0.15) is 24.5 Å². The van der Waals surface area contributed by atoms with Crippen LogP contribution in [0.4, 0.5) is 5.69 Å². The number of hydrogen-bond acceptors (Lipinski definition) is 4. The third-order valence-corrected chi connectivity index (χ3v) is 3.90. The minimum absolute atomic E-state index is 0.0261. The number of aliphatic imine (C=N–C) groups is 1. The molecular weight excluding hydrogens is 318 g/mol. The van der Waals surface area contributed by atoms with Gasteiger partial charge in [-0.25, -0.2) is 9.67 Å². The van der Waals surface area contributed by atoms with Crippen molar-refractivity contribution in [3.05, 3.63) is 35.1 Å². The van der Waals surface area contributed by atoms with Crippen molar-refractivity contribution in [1.82, 2.24) is 15.1 Å². The average Bonchev–Trinajstić information content (AvgIpc) is 3.29. The van der Waals surface area contributed by atoms with Crippen molar-refractivity contribution < 1.29 is 9.53 Å². The molecule has 0 unspecified atom stereocenters. The number of nitrogens with one attached hydrogen (secondary N) is 1. The van der Waals surface area contributed by atoms with Gasteiger partial charge < -0.3 is 10.5 Å². The molecule has 1 aromatic carbocycles. The highest BCUT2D eigenvalue weighted by Crippen LogP contribution is 2.45. The van der Waals surface area contributed by atoms with Crippen LogP contribution in [0, 0.1) is 0 Å². The minimum atomic E-state index is 0.0261. The first kappa shape index (κ1) is 15.4. The second-order valence-corrected chi connectivity index (χ2v) is 5.58. The molecule has 0 radical (unpaired) electrons. The quantitative estimate of drug-likeness (QED) is 0.497. The molecule has 1 aliphatic carbocycles. The van der Waals surface area contributed by atoms with Crippen molar-refractivity contribution in [2.75, 3.05) is 7.11 Å². The van der Waals surface area contributed by atoms with Crippen LogP contribution >= 0.6 is 11.6 Å². The number of rotatable bonds is 5. The van der Waals surface area contributed by atoms with Crippen LogP contribution in [0.25, 0.3) is 5.69 Å². The zero-order chi connectivity index (χ0) is 16.4. The molecule has 1 heterocycles. The molecule has 7 nitrogen and oxygen atoms in total. The lowest BCUT2D eigenvalue weighted by Crippen LogP contribution is -2.29. The maximum absolute atomic E-state index is 10.5. The Morgan fingerprint density at radius 1 is 1.57 bits per heavy atom. The molecule has 1 aromatic heterocycles. The molecule has 3 N–H and O–H groups in total. The number of halogens is 1. The smallest absolute Gasteiger partial charge is 0.213 e. The number of carbonyl (C=O) groups is 1. The van der Waals surface area contributed by atoms with E-state index in [9.17, 15) is 4.79 Å². The number of hydrogen-bond donors (Lipinski definition) is 2. The molecule has 1 fully saturated rings. The van der Waals surface area contributed by atoms with Gasteiger partial charge in [0.2, 0.25) is 6.41 Å². The van der Waals surface area contributed by atoms with Crippen LogP contribution in [0.5, 0.6) is 5.75 Å². The van der Waals surface area contributed by atoms with Gasteiger partial charge in [0.25, 0.3) is 0 Å². The van der Waals surface area contributed by atoms with Gasteiger partial charge in [0.15, 0.2) is 5.96 Å². The number of carbonyl (C=O) groups excluding carboxylic acids is 1. The molecule has 0 aliphatic heterocycles. The van der Waals surface area contributed by atoms with Gasteiger partial charge >= 0.3 is 0 Å². The lowest BCUT2D eigenvalue weighted by atomic mass is 10.2. The minimum Gasteiger partial charge on any atom is -0.497 e. The first-order chi connectivity index (χ1) is 11.1. The lowest BCUT2D eigenvalue weighted by Gasteiger charge is -2.11. The lowest BCUT2D eigenvalue weighted by molar-refractivity contribution is -0.108. The van der Waals surface area contributed by atoms with Crippen LogP contribution < -0.4 is 15.8 Å². The molecule has 120 valence electrons. The summed E-state index contributed by atoms with van der Waals surface area (Å²) in [7, 11) is 1.60. The van der Waals surface area contributed by atoms with E-state index in [1.54, 1.807) is 30.1 Å². The summed E-state index contributed by atoms with van der Waals surface area (Å²) in [5.41, 5.74) is 7.92. The van der Waals surface area contributed by atoms with Gasteiger partial charge in [-0.05, 0) is 25.0 Å². The highest BCUT2D eigenvalue weighted by atomic mass is 35.5. The Hall–Kier alpha value is -2.54. The second-order valence-electron chi connectivity index (χ2n) is 5.18. The highest BCUT2D eigenvalue weighted by Gasteiger charge is 2.31. The molecular formula is C15H16ClN5O2. The van der Waals surface area contributed by atoms with E-state index in [4.69, 9.17) is 22.1 Å². The van der Waals surface area contributed by atoms with E-state index in [1.807, 2.05) is 6.07 Å². The third kappa shape index (κ3) is 3.14. The van der Waals surface area contributed by atoms with Crippen LogP contribution in [-0.4, -0.2) is 29.3 Å². The number of amides is 1. The molecule has 1 saturated carbocycles. The Kier molecular flexibility index (Phi) is 4.20. The normalized spacial score (nSPS) is 14.6. The first-order valence-electron chi connectivity index (χ1n) is 7.10. The molecule has 3 rings (SSSR count). The second kappa shape index (κ2) is 6.29. The molecule has 0 spiro atoms. The van der Waals surface area contributed by atoms with E-state index >= 15 is 0 Å². The maximum atomic E-state index is 10.5. The largest absolute Gasteiger partial charge is 0.497 e. The van der Waals surface area contributed by atoms with E-state index in [2.05, 4.69) is 15.4 Å². The number of guanidine groups is 1. The summed E-state index contributed by atoms with van der Waals surface area (Å²) in [6.07, 6.45) is 4.20. The van der Waals surface area contributed by atoms with Crippen LogP contribution in [-0.2, 0) is 4.79 Å². The topological polar surface area (TPSA) is 94.5 Å². The van der Waals surface area contributed by atoms with Gasteiger partial charge in [-0.1, -0.05) is 11.6 Å². The highest BCUT2D eigenvalue weighted by molar-refractivity contribution is 6.32. The van der Waals surface area contributed by atoms with Gasteiger partial charge in [-0.15, -0.1) is 0 Å². The van der Waals surface area contributed by atoms with Crippen molar-refractivity contribution in [2.45, 2.75) is 18.8 Å². The Bertz CT molecular complexity index is 767. The van der Waals surface area contributed by atoms with E-state index < -0.39 is 0 Å². The monoisotopic (exact) mass is 333 g/mol. The summed E-state index contributed by atoms with van der Waals surface area (Å²) in [6, 6.07) is 5.37. The summed E-state index contributed by atoms with van der Waals surface area (Å²) in [6.45, 7) is 0. The average molecular weight is 334 g/mol. The Morgan fingerprint density at radius 3 is 3.00 bits per heavy atom. The summed E-state index contributed by atoms with van der Waals surface area (Å²) in [4.78, 5) is 14.7. The van der Waals surface area contributed by atoms with Crippen molar-refractivity contribution in [1.29, 1.82) is 0 Å². The Morgan fingerprint density at radius 2 is 2.35 bits per heavy atom. The molecule has 1 aliphatic rings. The molecule has 1 amide bonds. The van der Waals surface area contributed by atoms with E-state index in [-0.39, 0.29) is 5.96 Å². The Balaban J connectivity index is 2.09. The predicted molar refractivity (Wildman–Crippen MR) is 87.6 cm³/mol. The zero-order valence-corrected chi connectivity index (χ0v) is 13.2. The van der Waals surface area contributed by atoms with E-state index in [0.29, 0.717) is 28.8 Å². The number of nitrogens with zero attached hydrogens (tertiary/aromatic N) is 3. The van der Waals surface area contributed by atoms with Crippen molar-refractivity contribution >= 4 is 29.7 Å². The number of benzene rings is 1. The molecule has 8 heteroatoms. The maximum Gasteiger partial charge on any atom is 0.213 e. The van der Waals surface area contributed by atoms with Crippen molar-refractivity contribution in [2.24, 2.45) is 10.7 Å². The Labute approximate surface area is 138 Å². The number of methoxy groups -OCH3 is 1. The number of ether oxygens (including phenoxy) is 1. The standard InChI is InChI=1S/C15H16ClN5O2/c1-23-10-4-5-11(16)13(6-10)21-14(9-2-3-9)12(7-19-21)20-15(17)18-8-22/h4-9H,2-3H2,1H3,(H3,17,18,20,22). The summed E-state index contributed by atoms with van der Waals surface area (Å²) in [5, 5.41) is 7.28. The molecule has 0 saturated heterocycles. The van der Waals surface area contributed by atoms with Crippen molar-refractivity contribution in [3.63, 3.8) is 0 Å². The van der Waals surface area contributed by atoms with Gasteiger partial charge in [0.1, 0.15) is 11.4 Å². The SMILES string of the molecule is COc1ccc(Cl)c(-n2ncc(N=C(N)NC=O)c2C2CC2)c1. The molecule has 0 atom stereocenters. The van der Waals surface area contributed by atoms with Crippen LogP contribution in [0.15, 0.2) is 29.4 Å². The molecule has 0 bridgehead atoms. The van der Waals surface area contributed by atoms with E-state index in [1.165, 1.54) is 0 Å². The van der Waals surface area contributed by atoms with Crippen LogP contribution in [0.2, 0.25) is 5.02 Å². The molecule has 2 aromatic rings. The van der Waals surface area contributed by atoms with Gasteiger partial charge in [-0.3, -0.25) is 10.1 Å². The zero-order valence-electron chi connectivity index (χ0n) is 12.5. The molecule has 23 heavy (non-hydrogen) atoms. The fraction of sp³-hybridized carbons (Fsp3) is 0.267. The summed E-state index contributed by atoms with van der Waals surface area (Å²) >= 11 is 6.31. The first-order valence-corrected chi connectivity index (χ1v) is 7.48. The van der Waals surface area contributed by atoms with Gasteiger partial charge in [0, 0.05) is 12.0 Å². The summed E-state index contributed by atoms with van der Waals surface area (Å²) < 4.78 is 7.01.